The summed E-state index contributed by atoms with van der Waals surface area (Å²) in [6.45, 7) is 10.8. The molecule has 148 valence electrons. The van der Waals surface area contributed by atoms with Crippen molar-refractivity contribution in [2.75, 3.05) is 39.3 Å². The van der Waals surface area contributed by atoms with Gasteiger partial charge in [-0.25, -0.2) is 0 Å². The third kappa shape index (κ3) is 8.22. The number of likely N-dealkylation sites (tertiary alicyclic amines) is 1. The summed E-state index contributed by atoms with van der Waals surface area (Å²) in [6, 6.07) is 10.7. The molecule has 0 aliphatic carbocycles. The summed E-state index contributed by atoms with van der Waals surface area (Å²) >= 11 is 0. The van der Waals surface area contributed by atoms with Crippen LogP contribution in [0.1, 0.15) is 38.7 Å². The van der Waals surface area contributed by atoms with Gasteiger partial charge >= 0.3 is 0 Å². The van der Waals surface area contributed by atoms with E-state index >= 15 is 0 Å². The predicted molar refractivity (Wildman–Crippen MR) is 120 cm³/mol. The highest BCUT2D eigenvalue weighted by atomic mass is 127. The van der Waals surface area contributed by atoms with Gasteiger partial charge in [0.1, 0.15) is 0 Å². The van der Waals surface area contributed by atoms with Crippen molar-refractivity contribution >= 4 is 29.9 Å². The molecule has 1 aromatic rings. The molecule has 0 unspecified atom stereocenters. The van der Waals surface area contributed by atoms with E-state index in [1.54, 1.807) is 0 Å². The molecular formula is C20H35IN4O. The molecular weight excluding hydrogens is 439 g/mol. The molecule has 1 heterocycles. The van der Waals surface area contributed by atoms with Crippen LogP contribution in [0.2, 0.25) is 0 Å². The first kappa shape index (κ1) is 23.2. The maximum atomic E-state index is 6.03. The SMILES string of the molecule is CCN(CC)C(N)=NCCCOC1CCN(Cc2ccccc2)CC1.I. The second-order valence-corrected chi connectivity index (χ2v) is 6.60. The minimum atomic E-state index is 0. The number of nitrogens with zero attached hydrogens (tertiary/aromatic N) is 3. The highest BCUT2D eigenvalue weighted by Gasteiger charge is 2.19. The number of piperidine rings is 1. The van der Waals surface area contributed by atoms with Gasteiger partial charge in [0.2, 0.25) is 0 Å². The topological polar surface area (TPSA) is 54.1 Å². The molecule has 6 heteroatoms. The fourth-order valence-corrected chi connectivity index (χ4v) is 3.23. The standard InChI is InChI=1S/C20H34N4O.HI/c1-3-24(4-2)20(21)22-13-8-16-25-19-11-14-23(15-12-19)17-18-9-6-5-7-10-18;/h5-7,9-10,19H,3-4,8,11-17H2,1-2H3,(H2,21,22);1H. The number of nitrogens with two attached hydrogens (primary N) is 1. The molecule has 0 bridgehead atoms. The maximum Gasteiger partial charge on any atom is 0.191 e. The van der Waals surface area contributed by atoms with E-state index in [0.717, 1.165) is 65.1 Å². The molecule has 0 aromatic heterocycles. The van der Waals surface area contributed by atoms with Crippen LogP contribution in [-0.2, 0) is 11.3 Å². The number of hydrogen-bond acceptors (Lipinski definition) is 3. The lowest BCUT2D eigenvalue weighted by atomic mass is 10.1. The number of ether oxygens (including phenoxy) is 1. The van der Waals surface area contributed by atoms with Crippen molar-refractivity contribution in [3.05, 3.63) is 35.9 Å². The lowest BCUT2D eigenvalue weighted by molar-refractivity contribution is 0.00565. The highest BCUT2D eigenvalue weighted by Crippen LogP contribution is 2.16. The Bertz CT molecular complexity index is 500. The number of benzene rings is 1. The smallest absolute Gasteiger partial charge is 0.191 e. The van der Waals surface area contributed by atoms with Crippen molar-refractivity contribution in [2.24, 2.45) is 10.7 Å². The van der Waals surface area contributed by atoms with Crippen molar-refractivity contribution in [3.8, 4) is 0 Å². The van der Waals surface area contributed by atoms with Crippen LogP contribution in [-0.4, -0.2) is 61.2 Å². The average molecular weight is 474 g/mol. The zero-order valence-corrected chi connectivity index (χ0v) is 18.6. The van der Waals surface area contributed by atoms with E-state index in [1.807, 2.05) is 0 Å². The fourth-order valence-electron chi connectivity index (χ4n) is 3.23. The second kappa shape index (κ2) is 13.3. The van der Waals surface area contributed by atoms with Gasteiger partial charge in [0.15, 0.2) is 5.96 Å². The van der Waals surface area contributed by atoms with Crippen molar-refractivity contribution in [1.82, 2.24) is 9.80 Å². The lowest BCUT2D eigenvalue weighted by Gasteiger charge is -2.31. The lowest BCUT2D eigenvalue weighted by Crippen LogP contribution is -2.37. The Morgan fingerprint density at radius 1 is 1.19 bits per heavy atom. The van der Waals surface area contributed by atoms with Gasteiger partial charge in [-0.2, -0.15) is 0 Å². The Balaban J connectivity index is 0.00000338. The Morgan fingerprint density at radius 3 is 2.46 bits per heavy atom. The zero-order valence-electron chi connectivity index (χ0n) is 16.3. The first-order chi connectivity index (χ1) is 12.2. The minimum Gasteiger partial charge on any atom is -0.378 e. The van der Waals surface area contributed by atoms with Crippen LogP contribution in [0, 0.1) is 0 Å². The van der Waals surface area contributed by atoms with E-state index in [0.29, 0.717) is 12.1 Å². The van der Waals surface area contributed by atoms with Gasteiger partial charge in [0, 0.05) is 45.9 Å². The van der Waals surface area contributed by atoms with E-state index < -0.39 is 0 Å². The first-order valence-corrected chi connectivity index (χ1v) is 9.65. The van der Waals surface area contributed by atoms with Crippen LogP contribution in [0.5, 0.6) is 0 Å². The summed E-state index contributed by atoms with van der Waals surface area (Å²) in [5, 5.41) is 0. The van der Waals surface area contributed by atoms with Gasteiger partial charge in [0.25, 0.3) is 0 Å². The van der Waals surface area contributed by atoms with E-state index in [2.05, 4.69) is 59.0 Å². The molecule has 0 amide bonds. The molecule has 0 atom stereocenters. The molecule has 2 N–H and O–H groups in total. The Kier molecular flexibility index (Phi) is 11.9. The third-order valence-electron chi connectivity index (χ3n) is 4.80. The summed E-state index contributed by atoms with van der Waals surface area (Å²) in [5.41, 5.74) is 7.37. The third-order valence-corrected chi connectivity index (χ3v) is 4.80. The molecule has 0 saturated carbocycles. The molecule has 26 heavy (non-hydrogen) atoms. The second-order valence-electron chi connectivity index (χ2n) is 6.60. The summed E-state index contributed by atoms with van der Waals surface area (Å²) in [6.07, 6.45) is 3.58. The van der Waals surface area contributed by atoms with Crippen molar-refractivity contribution in [2.45, 2.75) is 45.8 Å². The van der Waals surface area contributed by atoms with Crippen LogP contribution in [0.25, 0.3) is 0 Å². The molecule has 1 saturated heterocycles. The van der Waals surface area contributed by atoms with Crippen LogP contribution in [0.3, 0.4) is 0 Å². The Labute approximate surface area is 176 Å². The average Bonchev–Trinajstić information content (AvgIpc) is 2.65. The van der Waals surface area contributed by atoms with Crippen LogP contribution in [0.4, 0.5) is 0 Å². The van der Waals surface area contributed by atoms with Crippen LogP contribution in [0.15, 0.2) is 35.3 Å². The number of rotatable bonds is 9. The van der Waals surface area contributed by atoms with Gasteiger partial charge in [-0.15, -0.1) is 24.0 Å². The molecule has 0 spiro atoms. The molecule has 2 rings (SSSR count). The normalized spacial score (nSPS) is 16.3. The van der Waals surface area contributed by atoms with Gasteiger partial charge in [-0.05, 0) is 38.7 Å². The van der Waals surface area contributed by atoms with E-state index in [1.165, 1.54) is 5.56 Å². The molecule has 1 aliphatic rings. The molecule has 0 radical (unpaired) electrons. The van der Waals surface area contributed by atoms with Crippen LogP contribution < -0.4 is 5.73 Å². The molecule has 1 aromatic carbocycles. The monoisotopic (exact) mass is 474 g/mol. The zero-order chi connectivity index (χ0) is 17.9. The van der Waals surface area contributed by atoms with Gasteiger partial charge < -0.3 is 15.4 Å². The Hall–Kier alpha value is -0.860. The Morgan fingerprint density at radius 2 is 1.85 bits per heavy atom. The van der Waals surface area contributed by atoms with Crippen molar-refractivity contribution < 1.29 is 4.74 Å². The van der Waals surface area contributed by atoms with Crippen LogP contribution >= 0.6 is 24.0 Å². The number of guanidine groups is 1. The van der Waals surface area contributed by atoms with E-state index in [4.69, 9.17) is 10.5 Å². The molecule has 1 fully saturated rings. The number of aliphatic imine (C=N–C) groups is 1. The highest BCUT2D eigenvalue weighted by molar-refractivity contribution is 14.0. The summed E-state index contributed by atoms with van der Waals surface area (Å²) in [7, 11) is 0. The first-order valence-electron chi connectivity index (χ1n) is 9.65. The summed E-state index contributed by atoms with van der Waals surface area (Å²) < 4.78 is 6.03. The van der Waals surface area contributed by atoms with E-state index in [-0.39, 0.29) is 24.0 Å². The minimum absolute atomic E-state index is 0. The van der Waals surface area contributed by atoms with Crippen molar-refractivity contribution in [1.29, 1.82) is 0 Å². The molecule has 5 nitrogen and oxygen atoms in total. The number of halogens is 1. The molecule has 1 aliphatic heterocycles. The number of hydrogen-bond donors (Lipinski definition) is 1. The predicted octanol–water partition coefficient (Wildman–Crippen LogP) is 3.33. The summed E-state index contributed by atoms with van der Waals surface area (Å²) in [4.78, 5) is 9.03. The van der Waals surface area contributed by atoms with E-state index in [9.17, 15) is 0 Å². The fraction of sp³-hybridized carbons (Fsp3) is 0.650. The van der Waals surface area contributed by atoms with Crippen molar-refractivity contribution in [3.63, 3.8) is 0 Å². The maximum absolute atomic E-state index is 6.03. The van der Waals surface area contributed by atoms with Gasteiger partial charge in [-0.3, -0.25) is 9.89 Å². The van der Waals surface area contributed by atoms with Gasteiger partial charge in [-0.1, -0.05) is 30.3 Å². The quantitative estimate of drug-likeness (QED) is 0.258. The summed E-state index contributed by atoms with van der Waals surface area (Å²) in [5.74, 6) is 0.652. The largest absolute Gasteiger partial charge is 0.378 e. The van der Waals surface area contributed by atoms with Gasteiger partial charge in [0.05, 0.1) is 6.10 Å².